The lowest BCUT2D eigenvalue weighted by molar-refractivity contribution is -0.143. The van der Waals surface area contributed by atoms with Gasteiger partial charge in [0.1, 0.15) is 0 Å². The molecule has 0 bridgehead atoms. The Kier molecular flexibility index (Phi) is 3.83. The highest BCUT2D eigenvalue weighted by Gasteiger charge is 2.52. The molecule has 92 valence electrons. The number of carbonyl (C=O) groups is 1. The topological polar surface area (TPSA) is 26.3 Å². The maximum absolute atomic E-state index is 11.8. The molecule has 1 aliphatic carbocycles. The fraction of sp³-hybridized carbons (Fsp3) is 0.462. The minimum Gasteiger partial charge on any atom is -0.468 e. The van der Waals surface area contributed by atoms with E-state index in [0.29, 0.717) is 0 Å². The van der Waals surface area contributed by atoms with Gasteiger partial charge in [0.15, 0.2) is 0 Å². The number of ether oxygens (including phenoxy) is 1. The molecule has 2 nitrogen and oxygen atoms in total. The van der Waals surface area contributed by atoms with Crippen molar-refractivity contribution in [3.8, 4) is 0 Å². The van der Waals surface area contributed by atoms with Crippen LogP contribution < -0.4 is 0 Å². The van der Waals surface area contributed by atoms with Crippen molar-refractivity contribution in [2.45, 2.75) is 30.1 Å². The zero-order valence-electron chi connectivity index (χ0n) is 9.96. The second-order valence-electron chi connectivity index (χ2n) is 4.15. The summed E-state index contributed by atoms with van der Waals surface area (Å²) >= 11 is 5.36. The van der Waals surface area contributed by atoms with Crippen molar-refractivity contribution in [1.82, 2.24) is 0 Å². The molecule has 1 aromatic rings. The van der Waals surface area contributed by atoms with Gasteiger partial charge in [-0.2, -0.15) is 0 Å². The van der Waals surface area contributed by atoms with E-state index in [2.05, 4.69) is 35.0 Å². The molecule has 17 heavy (non-hydrogen) atoms. The Balaban J connectivity index is 2.29. The van der Waals surface area contributed by atoms with Crippen LogP contribution in [-0.4, -0.2) is 18.8 Å². The fourth-order valence-electron chi connectivity index (χ4n) is 2.00. The van der Waals surface area contributed by atoms with E-state index in [4.69, 9.17) is 4.74 Å². The van der Waals surface area contributed by atoms with Gasteiger partial charge in [0.05, 0.1) is 12.5 Å². The van der Waals surface area contributed by atoms with Crippen LogP contribution in [0.1, 0.15) is 25.3 Å². The molecule has 0 radical (unpaired) electrons. The summed E-state index contributed by atoms with van der Waals surface area (Å²) < 4.78 is 5.96. The summed E-state index contributed by atoms with van der Waals surface area (Å²) in [6.07, 6.45) is 1.79. The molecule has 0 atom stereocenters. The van der Waals surface area contributed by atoms with Crippen molar-refractivity contribution in [2.24, 2.45) is 0 Å². The van der Waals surface area contributed by atoms with E-state index in [0.717, 1.165) is 28.6 Å². The summed E-state index contributed by atoms with van der Waals surface area (Å²) in [6, 6.07) is 6.19. The minimum atomic E-state index is -0.368. The van der Waals surface area contributed by atoms with Gasteiger partial charge in [0.25, 0.3) is 0 Å². The lowest BCUT2D eigenvalue weighted by atomic mass is 9.96. The average molecular weight is 315 g/mol. The first kappa shape index (κ1) is 13.0. The molecule has 4 heteroatoms. The Hall–Kier alpha value is -0.480. The first-order valence-electron chi connectivity index (χ1n) is 5.65. The molecule has 1 aromatic carbocycles. The first-order valence-corrected chi connectivity index (χ1v) is 7.43. The predicted octanol–water partition coefficient (Wildman–Crippen LogP) is 3.77. The largest absolute Gasteiger partial charge is 0.468 e. The molecule has 0 unspecified atom stereocenters. The van der Waals surface area contributed by atoms with E-state index in [1.165, 1.54) is 12.0 Å². The Labute approximate surface area is 114 Å². The zero-order valence-corrected chi connectivity index (χ0v) is 12.4. The Bertz CT molecular complexity index is 441. The fourth-order valence-corrected chi connectivity index (χ4v) is 3.40. The van der Waals surface area contributed by atoms with Crippen molar-refractivity contribution in [3.63, 3.8) is 0 Å². The predicted molar refractivity (Wildman–Crippen MR) is 73.5 cm³/mol. The van der Waals surface area contributed by atoms with Crippen molar-refractivity contribution in [2.75, 3.05) is 12.9 Å². The van der Waals surface area contributed by atoms with Crippen LogP contribution in [0.25, 0.3) is 0 Å². The molecule has 1 aliphatic rings. The molecule has 0 aliphatic heterocycles. The minimum absolute atomic E-state index is 0.111. The summed E-state index contributed by atoms with van der Waals surface area (Å²) in [4.78, 5) is 13.0. The van der Waals surface area contributed by atoms with E-state index < -0.39 is 0 Å². The number of benzene rings is 1. The number of hydrogen-bond donors (Lipinski definition) is 0. The smallest absolute Gasteiger partial charge is 0.316 e. The highest BCUT2D eigenvalue weighted by Crippen LogP contribution is 2.50. The number of hydrogen-bond acceptors (Lipinski definition) is 3. The van der Waals surface area contributed by atoms with Crippen molar-refractivity contribution < 1.29 is 9.53 Å². The summed E-state index contributed by atoms with van der Waals surface area (Å²) in [5.41, 5.74) is 0.698. The molecule has 0 amide bonds. The van der Waals surface area contributed by atoms with E-state index in [1.807, 2.05) is 6.07 Å². The molecule has 0 N–H and O–H groups in total. The monoisotopic (exact) mass is 314 g/mol. The number of methoxy groups -OCH3 is 1. The lowest BCUT2D eigenvalue weighted by Gasteiger charge is -2.14. The first-order chi connectivity index (χ1) is 8.14. The third-order valence-corrected chi connectivity index (χ3v) is 4.98. The Morgan fingerprint density at radius 3 is 2.71 bits per heavy atom. The standard InChI is InChI=1S/C13H15BrO2S/c1-3-17-11-5-4-9(8-10(11)14)13(6-7-13)12(15)16-2/h4-5,8H,3,6-7H2,1-2H3. The van der Waals surface area contributed by atoms with Crippen LogP contribution in [0.5, 0.6) is 0 Å². The number of halogens is 1. The molecule has 0 spiro atoms. The molecule has 0 aromatic heterocycles. The molecular weight excluding hydrogens is 300 g/mol. The average Bonchev–Trinajstić information content (AvgIpc) is 3.12. The molecule has 0 heterocycles. The van der Waals surface area contributed by atoms with Gasteiger partial charge >= 0.3 is 5.97 Å². The van der Waals surface area contributed by atoms with Crippen molar-refractivity contribution in [3.05, 3.63) is 28.2 Å². The third-order valence-electron chi connectivity index (χ3n) is 3.11. The lowest BCUT2D eigenvalue weighted by Crippen LogP contribution is -2.21. The summed E-state index contributed by atoms with van der Waals surface area (Å²) in [5.74, 6) is 0.931. The normalized spacial score (nSPS) is 16.6. The van der Waals surface area contributed by atoms with Crippen LogP contribution >= 0.6 is 27.7 Å². The van der Waals surface area contributed by atoms with Gasteiger partial charge < -0.3 is 4.74 Å². The van der Waals surface area contributed by atoms with Crippen LogP contribution in [0.4, 0.5) is 0 Å². The Morgan fingerprint density at radius 1 is 1.53 bits per heavy atom. The van der Waals surface area contributed by atoms with Gasteiger partial charge in [0.2, 0.25) is 0 Å². The van der Waals surface area contributed by atoms with Crippen molar-refractivity contribution >= 4 is 33.7 Å². The molecule has 1 fully saturated rings. The molecule has 0 saturated heterocycles. The maximum Gasteiger partial charge on any atom is 0.316 e. The zero-order chi connectivity index (χ0) is 12.5. The maximum atomic E-state index is 11.8. The second kappa shape index (κ2) is 5.02. The Morgan fingerprint density at radius 2 is 2.24 bits per heavy atom. The number of rotatable bonds is 4. The van der Waals surface area contributed by atoms with Crippen LogP contribution in [0.15, 0.2) is 27.6 Å². The number of carbonyl (C=O) groups excluding carboxylic acids is 1. The van der Waals surface area contributed by atoms with Crippen LogP contribution in [0, 0.1) is 0 Å². The van der Waals surface area contributed by atoms with E-state index in [1.54, 1.807) is 11.8 Å². The van der Waals surface area contributed by atoms with E-state index >= 15 is 0 Å². The van der Waals surface area contributed by atoms with Gasteiger partial charge in [-0.25, -0.2) is 0 Å². The molecule has 1 saturated carbocycles. The molecule has 2 rings (SSSR count). The second-order valence-corrected chi connectivity index (χ2v) is 6.31. The SMILES string of the molecule is CCSc1ccc(C2(C(=O)OC)CC2)cc1Br. The highest BCUT2D eigenvalue weighted by molar-refractivity contribution is 9.10. The van der Waals surface area contributed by atoms with E-state index in [-0.39, 0.29) is 11.4 Å². The van der Waals surface area contributed by atoms with Crippen LogP contribution in [0.2, 0.25) is 0 Å². The quantitative estimate of drug-likeness (QED) is 0.625. The number of esters is 1. The van der Waals surface area contributed by atoms with Crippen molar-refractivity contribution in [1.29, 1.82) is 0 Å². The number of thioether (sulfide) groups is 1. The van der Waals surface area contributed by atoms with E-state index in [9.17, 15) is 4.79 Å². The highest BCUT2D eigenvalue weighted by atomic mass is 79.9. The summed E-state index contributed by atoms with van der Waals surface area (Å²) in [7, 11) is 1.46. The summed E-state index contributed by atoms with van der Waals surface area (Å²) in [6.45, 7) is 2.13. The summed E-state index contributed by atoms with van der Waals surface area (Å²) in [5, 5.41) is 0. The van der Waals surface area contributed by atoms with Crippen LogP contribution in [0.3, 0.4) is 0 Å². The van der Waals surface area contributed by atoms with Crippen LogP contribution in [-0.2, 0) is 14.9 Å². The molecular formula is C13H15BrO2S. The van der Waals surface area contributed by atoms with Gasteiger partial charge in [-0.15, -0.1) is 11.8 Å². The van der Waals surface area contributed by atoms with Gasteiger partial charge in [0, 0.05) is 9.37 Å². The van der Waals surface area contributed by atoms with Gasteiger partial charge in [-0.1, -0.05) is 13.0 Å². The van der Waals surface area contributed by atoms with Gasteiger partial charge in [-0.3, -0.25) is 4.79 Å². The van der Waals surface area contributed by atoms with Gasteiger partial charge in [-0.05, 0) is 52.2 Å². The third kappa shape index (κ3) is 2.38.